The molecule has 6 heteroatoms. The number of carbonyl (C=O) groups is 2. The molecule has 0 aliphatic carbocycles. The second-order valence-electron chi connectivity index (χ2n) is 4.85. The average Bonchev–Trinajstić information content (AvgIpc) is 2.39. The van der Waals surface area contributed by atoms with Gasteiger partial charge >= 0.3 is 12.0 Å². The van der Waals surface area contributed by atoms with E-state index in [0.29, 0.717) is 11.1 Å². The predicted molar refractivity (Wildman–Crippen MR) is 72.9 cm³/mol. The smallest absolute Gasteiger partial charge is 0.315 e. The summed E-state index contributed by atoms with van der Waals surface area (Å²) in [5, 5.41) is 13.8. The zero-order valence-electron chi connectivity index (χ0n) is 11.8. The Morgan fingerprint density at radius 1 is 1.25 bits per heavy atom. The SMILES string of the molecule is Cc1cc(CNC(=O)NCC(C)C(=O)O)cc(C)c1F. The number of amides is 2. The molecule has 0 fully saturated rings. The molecule has 0 aliphatic heterocycles. The van der Waals surface area contributed by atoms with Crippen LogP contribution >= 0.6 is 0 Å². The Hall–Kier alpha value is -2.11. The van der Waals surface area contributed by atoms with Crippen LogP contribution in [-0.2, 0) is 11.3 Å². The van der Waals surface area contributed by atoms with E-state index in [1.54, 1.807) is 26.0 Å². The molecule has 1 unspecified atom stereocenters. The summed E-state index contributed by atoms with van der Waals surface area (Å²) in [7, 11) is 0. The molecule has 20 heavy (non-hydrogen) atoms. The highest BCUT2D eigenvalue weighted by atomic mass is 19.1. The zero-order chi connectivity index (χ0) is 15.3. The Bertz CT molecular complexity index is 494. The number of aliphatic carboxylic acids is 1. The number of hydrogen-bond donors (Lipinski definition) is 3. The minimum Gasteiger partial charge on any atom is -0.481 e. The number of carbonyl (C=O) groups excluding carboxylic acids is 1. The molecule has 0 aliphatic rings. The van der Waals surface area contributed by atoms with Crippen LogP contribution in [-0.4, -0.2) is 23.7 Å². The molecular weight excluding hydrogens is 263 g/mol. The number of urea groups is 1. The fraction of sp³-hybridized carbons (Fsp3) is 0.429. The van der Waals surface area contributed by atoms with Gasteiger partial charge in [0.05, 0.1) is 5.92 Å². The van der Waals surface area contributed by atoms with Crippen molar-refractivity contribution in [2.75, 3.05) is 6.54 Å². The van der Waals surface area contributed by atoms with Crippen molar-refractivity contribution in [3.8, 4) is 0 Å². The highest BCUT2D eigenvalue weighted by Gasteiger charge is 2.12. The predicted octanol–water partition coefficient (Wildman–Crippen LogP) is 1.96. The van der Waals surface area contributed by atoms with Gasteiger partial charge in [-0.25, -0.2) is 9.18 Å². The minimum atomic E-state index is -0.963. The summed E-state index contributed by atoms with van der Waals surface area (Å²) in [6, 6.07) is 2.89. The van der Waals surface area contributed by atoms with Crippen molar-refractivity contribution in [2.24, 2.45) is 5.92 Å². The molecule has 110 valence electrons. The number of hydrogen-bond acceptors (Lipinski definition) is 2. The number of aryl methyl sites for hydroxylation is 2. The van der Waals surface area contributed by atoms with Gasteiger partial charge in [0.15, 0.2) is 0 Å². The highest BCUT2D eigenvalue weighted by molar-refractivity contribution is 5.75. The molecule has 0 heterocycles. The van der Waals surface area contributed by atoms with Crippen LogP contribution in [0.4, 0.5) is 9.18 Å². The maximum Gasteiger partial charge on any atom is 0.315 e. The Kier molecular flexibility index (Phi) is 5.49. The molecule has 0 spiro atoms. The van der Waals surface area contributed by atoms with Gasteiger partial charge in [-0.2, -0.15) is 0 Å². The van der Waals surface area contributed by atoms with Gasteiger partial charge in [-0.3, -0.25) is 4.79 Å². The first-order valence-electron chi connectivity index (χ1n) is 6.31. The quantitative estimate of drug-likeness (QED) is 0.772. The summed E-state index contributed by atoms with van der Waals surface area (Å²) >= 11 is 0. The van der Waals surface area contributed by atoms with Crippen molar-refractivity contribution in [3.05, 3.63) is 34.6 Å². The van der Waals surface area contributed by atoms with Crippen LogP contribution in [0.2, 0.25) is 0 Å². The molecule has 1 aromatic carbocycles. The topological polar surface area (TPSA) is 78.4 Å². The summed E-state index contributed by atoms with van der Waals surface area (Å²) in [4.78, 5) is 22.1. The van der Waals surface area contributed by atoms with Gasteiger partial charge < -0.3 is 15.7 Å². The van der Waals surface area contributed by atoms with Crippen LogP contribution in [0.25, 0.3) is 0 Å². The second kappa shape index (κ2) is 6.88. The fourth-order valence-electron chi connectivity index (χ4n) is 1.72. The standard InChI is InChI=1S/C14H19FN2O3/c1-8-4-11(5-9(2)12(8)15)7-17-14(20)16-6-10(3)13(18)19/h4-5,10H,6-7H2,1-3H3,(H,18,19)(H2,16,17,20). The van der Waals surface area contributed by atoms with E-state index >= 15 is 0 Å². The molecule has 2 amide bonds. The van der Waals surface area contributed by atoms with E-state index in [2.05, 4.69) is 10.6 Å². The third-order valence-electron chi connectivity index (χ3n) is 2.94. The van der Waals surface area contributed by atoms with Crippen molar-refractivity contribution in [2.45, 2.75) is 27.3 Å². The van der Waals surface area contributed by atoms with E-state index in [9.17, 15) is 14.0 Å². The number of carboxylic acid groups (broad SMARTS) is 1. The maximum absolute atomic E-state index is 13.4. The largest absolute Gasteiger partial charge is 0.481 e. The van der Waals surface area contributed by atoms with Crippen molar-refractivity contribution in [1.82, 2.24) is 10.6 Å². The minimum absolute atomic E-state index is 0.0582. The van der Waals surface area contributed by atoms with Crippen molar-refractivity contribution in [3.63, 3.8) is 0 Å². The lowest BCUT2D eigenvalue weighted by molar-refractivity contribution is -0.140. The second-order valence-corrected chi connectivity index (χ2v) is 4.85. The lowest BCUT2D eigenvalue weighted by Crippen LogP contribution is -2.38. The summed E-state index contributed by atoms with van der Waals surface area (Å²) in [6.07, 6.45) is 0. The highest BCUT2D eigenvalue weighted by Crippen LogP contribution is 2.14. The molecular formula is C14H19FN2O3. The van der Waals surface area contributed by atoms with Crippen molar-refractivity contribution >= 4 is 12.0 Å². The Morgan fingerprint density at radius 3 is 2.30 bits per heavy atom. The van der Waals surface area contributed by atoms with E-state index in [1.807, 2.05) is 0 Å². The van der Waals surface area contributed by atoms with E-state index < -0.39 is 17.9 Å². The van der Waals surface area contributed by atoms with Gasteiger partial charge in [-0.05, 0) is 30.5 Å². The van der Waals surface area contributed by atoms with Crippen LogP contribution < -0.4 is 10.6 Å². The first kappa shape index (κ1) is 15.9. The van der Waals surface area contributed by atoms with Gasteiger partial charge in [0.2, 0.25) is 0 Å². The van der Waals surface area contributed by atoms with Gasteiger partial charge in [-0.1, -0.05) is 19.1 Å². The maximum atomic E-state index is 13.4. The Morgan fingerprint density at radius 2 is 1.80 bits per heavy atom. The summed E-state index contributed by atoms with van der Waals surface area (Å²) in [5.74, 6) is -1.85. The van der Waals surface area contributed by atoms with Gasteiger partial charge in [0, 0.05) is 13.1 Å². The number of rotatable bonds is 5. The van der Waals surface area contributed by atoms with E-state index in [1.165, 1.54) is 6.92 Å². The van der Waals surface area contributed by atoms with E-state index in [0.717, 1.165) is 5.56 Å². The summed E-state index contributed by atoms with van der Waals surface area (Å²) in [6.45, 7) is 5.16. The lowest BCUT2D eigenvalue weighted by atomic mass is 10.1. The molecule has 1 atom stereocenters. The number of carboxylic acids is 1. The molecule has 0 saturated heterocycles. The molecule has 0 aromatic heterocycles. The Balaban J connectivity index is 2.47. The van der Waals surface area contributed by atoms with Gasteiger partial charge in [-0.15, -0.1) is 0 Å². The molecule has 5 nitrogen and oxygen atoms in total. The zero-order valence-corrected chi connectivity index (χ0v) is 11.8. The summed E-state index contributed by atoms with van der Waals surface area (Å²) < 4.78 is 13.4. The molecule has 3 N–H and O–H groups in total. The molecule has 0 radical (unpaired) electrons. The lowest BCUT2D eigenvalue weighted by Gasteiger charge is -2.11. The van der Waals surface area contributed by atoms with Gasteiger partial charge in [0.25, 0.3) is 0 Å². The Labute approximate surface area is 117 Å². The van der Waals surface area contributed by atoms with Crippen LogP contribution in [0.1, 0.15) is 23.6 Å². The van der Waals surface area contributed by atoms with E-state index in [-0.39, 0.29) is 18.9 Å². The molecule has 1 rings (SSSR count). The van der Waals surface area contributed by atoms with Crippen LogP contribution in [0.15, 0.2) is 12.1 Å². The van der Waals surface area contributed by atoms with Crippen LogP contribution in [0.5, 0.6) is 0 Å². The average molecular weight is 282 g/mol. The molecule has 0 bridgehead atoms. The normalized spacial score (nSPS) is 11.8. The molecule has 1 aromatic rings. The molecule has 0 saturated carbocycles. The van der Waals surface area contributed by atoms with Crippen LogP contribution in [0.3, 0.4) is 0 Å². The van der Waals surface area contributed by atoms with Crippen molar-refractivity contribution < 1.29 is 19.1 Å². The monoisotopic (exact) mass is 282 g/mol. The first-order valence-corrected chi connectivity index (χ1v) is 6.31. The van der Waals surface area contributed by atoms with E-state index in [4.69, 9.17) is 5.11 Å². The number of benzene rings is 1. The summed E-state index contributed by atoms with van der Waals surface area (Å²) in [5.41, 5.74) is 1.85. The number of halogens is 1. The van der Waals surface area contributed by atoms with Gasteiger partial charge in [0.1, 0.15) is 5.82 Å². The van der Waals surface area contributed by atoms with Crippen molar-refractivity contribution in [1.29, 1.82) is 0 Å². The third kappa shape index (κ3) is 4.53. The third-order valence-corrected chi connectivity index (χ3v) is 2.94. The first-order chi connectivity index (χ1) is 9.31. The number of nitrogens with one attached hydrogen (secondary N) is 2. The fourth-order valence-corrected chi connectivity index (χ4v) is 1.72. The van der Waals surface area contributed by atoms with Crippen LogP contribution in [0, 0.1) is 25.6 Å².